The monoisotopic (exact) mass is 263 g/mol. The van der Waals surface area contributed by atoms with Gasteiger partial charge in [-0.25, -0.2) is 0 Å². The maximum absolute atomic E-state index is 11.2. The van der Waals surface area contributed by atoms with Crippen LogP contribution in [0.2, 0.25) is 0 Å². The molecule has 0 aliphatic rings. The van der Waals surface area contributed by atoms with Gasteiger partial charge in [-0.2, -0.15) is 5.11 Å². The van der Waals surface area contributed by atoms with Crippen LogP contribution >= 0.6 is 0 Å². The number of nitro benzene ring substituents is 1. The van der Waals surface area contributed by atoms with Crippen LogP contribution in [-0.4, -0.2) is 15.8 Å². The Morgan fingerprint density at radius 3 is 2.42 bits per heavy atom. The summed E-state index contributed by atoms with van der Waals surface area (Å²) in [5, 5.41) is 27.3. The quantitative estimate of drug-likeness (QED) is 0.295. The van der Waals surface area contributed by atoms with E-state index in [4.69, 9.17) is 0 Å². The van der Waals surface area contributed by atoms with E-state index in [2.05, 4.69) is 10.2 Å². The molecule has 0 aromatic heterocycles. The van der Waals surface area contributed by atoms with Crippen LogP contribution in [0.25, 0.3) is 0 Å². The van der Waals surface area contributed by atoms with Crippen LogP contribution in [0.15, 0.2) is 39.9 Å². The zero-order valence-corrected chi connectivity index (χ0v) is 10.7. The van der Waals surface area contributed by atoms with Crippen molar-refractivity contribution in [1.29, 1.82) is 0 Å². The summed E-state index contributed by atoms with van der Waals surface area (Å²) >= 11 is 0. The number of aryl methyl sites for hydroxylation is 1. The van der Waals surface area contributed by atoms with Gasteiger partial charge in [0.1, 0.15) is 5.76 Å². The molecule has 0 atom stereocenters. The summed E-state index contributed by atoms with van der Waals surface area (Å²) in [5.74, 6) is -0.640. The van der Waals surface area contributed by atoms with Gasteiger partial charge in [0.15, 0.2) is 11.5 Å². The average molecular weight is 263 g/mol. The number of hydrogen-bond donors (Lipinski definition) is 1. The van der Waals surface area contributed by atoms with Crippen LogP contribution in [0, 0.1) is 17.0 Å². The molecule has 0 saturated carbocycles. The number of aliphatic hydroxyl groups is 1. The zero-order chi connectivity index (χ0) is 14.6. The van der Waals surface area contributed by atoms with Crippen molar-refractivity contribution >= 4 is 17.2 Å². The fraction of sp³-hybridized carbons (Fsp3) is 0.250. The van der Waals surface area contributed by atoms with Gasteiger partial charge in [-0.1, -0.05) is 0 Å². The third-order valence-corrected chi connectivity index (χ3v) is 2.33. The molecule has 0 aliphatic carbocycles. The molecule has 0 heterocycles. The van der Waals surface area contributed by atoms with Crippen molar-refractivity contribution in [2.24, 2.45) is 10.2 Å². The Bertz CT molecular complexity index is 587. The number of nitro groups is 1. The van der Waals surface area contributed by atoms with Crippen LogP contribution in [0.3, 0.4) is 0 Å². The molecule has 0 saturated heterocycles. The highest BCUT2D eigenvalue weighted by Crippen LogP contribution is 2.24. The highest BCUT2D eigenvalue weighted by Gasteiger charge is 2.09. The maximum Gasteiger partial charge on any atom is 0.269 e. The van der Waals surface area contributed by atoms with Gasteiger partial charge in [-0.15, -0.1) is 5.11 Å². The summed E-state index contributed by atoms with van der Waals surface area (Å²) in [4.78, 5) is 21.2. The molecule has 1 aromatic rings. The van der Waals surface area contributed by atoms with Crippen molar-refractivity contribution in [2.75, 3.05) is 0 Å². The lowest BCUT2D eigenvalue weighted by molar-refractivity contribution is -0.384. The number of Topliss-reactive ketones (excluding diaryl/α,β-unsaturated/α-hetero) is 1. The summed E-state index contributed by atoms with van der Waals surface area (Å²) < 4.78 is 0. The fourth-order valence-corrected chi connectivity index (χ4v) is 1.37. The van der Waals surface area contributed by atoms with E-state index in [0.717, 1.165) is 0 Å². The van der Waals surface area contributed by atoms with Crippen LogP contribution in [-0.2, 0) is 4.79 Å². The molecule has 0 fully saturated rings. The number of hydrogen-bond acceptors (Lipinski definition) is 6. The van der Waals surface area contributed by atoms with Gasteiger partial charge in [0, 0.05) is 19.1 Å². The van der Waals surface area contributed by atoms with Crippen LogP contribution in [0.5, 0.6) is 0 Å². The highest BCUT2D eigenvalue weighted by atomic mass is 16.6. The van der Waals surface area contributed by atoms with E-state index in [1.807, 2.05) is 0 Å². The molecule has 0 aliphatic heterocycles. The minimum atomic E-state index is -0.507. The third kappa shape index (κ3) is 3.70. The van der Waals surface area contributed by atoms with Crippen LogP contribution in [0.1, 0.15) is 19.4 Å². The molecule has 0 radical (unpaired) electrons. The van der Waals surface area contributed by atoms with E-state index in [1.165, 1.54) is 32.0 Å². The lowest BCUT2D eigenvalue weighted by atomic mass is 10.2. The number of carbonyl (C=O) groups is 1. The fourth-order valence-electron chi connectivity index (χ4n) is 1.37. The molecule has 0 unspecified atom stereocenters. The van der Waals surface area contributed by atoms with Gasteiger partial charge in [0.2, 0.25) is 0 Å². The second-order valence-electron chi connectivity index (χ2n) is 3.92. The molecule has 0 bridgehead atoms. The second-order valence-corrected chi connectivity index (χ2v) is 3.92. The number of ketones is 1. The SMILES string of the molecule is CC(=O)C(N=Nc1ccc([N+](=O)[O-])cc1C)=C(C)O. The number of nitrogens with zero attached hydrogens (tertiary/aromatic N) is 3. The topological polar surface area (TPSA) is 105 Å². The first-order chi connectivity index (χ1) is 8.82. The number of rotatable bonds is 4. The Balaban J connectivity index is 3.10. The largest absolute Gasteiger partial charge is 0.510 e. The Labute approximate surface area is 109 Å². The van der Waals surface area contributed by atoms with Gasteiger partial charge in [0.25, 0.3) is 5.69 Å². The van der Waals surface area contributed by atoms with Gasteiger partial charge in [0.05, 0.1) is 10.6 Å². The smallest absolute Gasteiger partial charge is 0.269 e. The minimum absolute atomic E-state index is 0.0443. The maximum atomic E-state index is 11.2. The number of non-ortho nitro benzene ring substituents is 1. The van der Waals surface area contributed by atoms with E-state index in [9.17, 15) is 20.0 Å². The van der Waals surface area contributed by atoms with Crippen molar-refractivity contribution in [2.45, 2.75) is 20.8 Å². The lowest BCUT2D eigenvalue weighted by Crippen LogP contribution is -1.96. The number of carbonyl (C=O) groups excluding carboxylic acids is 1. The lowest BCUT2D eigenvalue weighted by Gasteiger charge is -2.00. The molecular weight excluding hydrogens is 250 g/mol. The molecule has 1 aromatic carbocycles. The van der Waals surface area contributed by atoms with Gasteiger partial charge < -0.3 is 5.11 Å². The van der Waals surface area contributed by atoms with Crippen LogP contribution in [0.4, 0.5) is 11.4 Å². The summed E-state index contributed by atoms with van der Waals surface area (Å²) in [6.45, 7) is 4.24. The normalized spacial score (nSPS) is 12.4. The van der Waals surface area contributed by atoms with E-state index in [-0.39, 0.29) is 17.1 Å². The zero-order valence-electron chi connectivity index (χ0n) is 10.7. The first kappa shape index (κ1) is 14.5. The summed E-state index contributed by atoms with van der Waals surface area (Å²) in [7, 11) is 0. The van der Waals surface area contributed by atoms with Gasteiger partial charge >= 0.3 is 0 Å². The molecule has 7 heteroatoms. The Hall–Kier alpha value is -2.57. The van der Waals surface area contributed by atoms with Crippen molar-refractivity contribution in [3.05, 3.63) is 45.3 Å². The first-order valence-corrected chi connectivity index (χ1v) is 5.40. The molecule has 0 amide bonds. The Morgan fingerprint density at radius 2 is 2.00 bits per heavy atom. The molecule has 0 spiro atoms. The van der Waals surface area contributed by atoms with Crippen LogP contribution < -0.4 is 0 Å². The number of benzene rings is 1. The number of azo groups is 1. The van der Waals surface area contributed by atoms with Gasteiger partial charge in [-0.05, 0) is 25.5 Å². The first-order valence-electron chi connectivity index (χ1n) is 5.40. The Morgan fingerprint density at radius 1 is 1.37 bits per heavy atom. The summed E-state index contributed by atoms with van der Waals surface area (Å²) in [6.07, 6.45) is 0. The molecule has 19 heavy (non-hydrogen) atoms. The summed E-state index contributed by atoms with van der Waals surface area (Å²) in [5.41, 5.74) is 0.761. The number of aliphatic hydroxyl groups excluding tert-OH is 1. The standard InChI is InChI=1S/C12H13N3O4/c1-7-6-10(15(18)19)4-5-11(7)13-14-12(8(2)16)9(3)17/h4-6,16H,1-3H3. The van der Waals surface area contributed by atoms with Gasteiger partial charge in [-0.3, -0.25) is 14.9 Å². The predicted octanol–water partition coefficient (Wildman–Crippen LogP) is 3.37. The minimum Gasteiger partial charge on any atom is -0.510 e. The summed E-state index contributed by atoms with van der Waals surface area (Å²) in [6, 6.07) is 4.09. The molecular formula is C12H13N3O4. The molecule has 1 rings (SSSR count). The highest BCUT2D eigenvalue weighted by molar-refractivity contribution is 5.93. The van der Waals surface area contributed by atoms with E-state index in [0.29, 0.717) is 11.3 Å². The average Bonchev–Trinajstić information content (AvgIpc) is 2.29. The van der Waals surface area contributed by atoms with Crippen molar-refractivity contribution in [1.82, 2.24) is 0 Å². The van der Waals surface area contributed by atoms with E-state index in [1.54, 1.807) is 6.92 Å². The second kappa shape index (κ2) is 5.85. The van der Waals surface area contributed by atoms with Crippen molar-refractivity contribution < 1.29 is 14.8 Å². The van der Waals surface area contributed by atoms with Crippen molar-refractivity contribution in [3.63, 3.8) is 0 Å². The molecule has 7 nitrogen and oxygen atoms in total. The number of allylic oxidation sites excluding steroid dienone is 2. The van der Waals surface area contributed by atoms with E-state index >= 15 is 0 Å². The van der Waals surface area contributed by atoms with Crippen molar-refractivity contribution in [3.8, 4) is 0 Å². The third-order valence-electron chi connectivity index (χ3n) is 2.33. The molecule has 1 N–H and O–H groups in total. The molecule has 100 valence electrons. The predicted molar refractivity (Wildman–Crippen MR) is 68.4 cm³/mol. The Kier molecular flexibility index (Phi) is 4.46. The van der Waals surface area contributed by atoms with E-state index < -0.39 is 10.7 Å².